The molecule has 0 amide bonds. The monoisotopic (exact) mass is 218 g/mol. The Morgan fingerprint density at radius 3 is 2.56 bits per heavy atom. The van der Waals surface area contributed by atoms with Crippen molar-refractivity contribution < 1.29 is 14.2 Å². The van der Waals surface area contributed by atoms with Crippen LogP contribution in [0.3, 0.4) is 0 Å². The van der Waals surface area contributed by atoms with Crippen LogP contribution < -0.4 is 4.74 Å². The van der Waals surface area contributed by atoms with Gasteiger partial charge in [-0.15, -0.1) is 0 Å². The number of methoxy groups -OCH3 is 1. The van der Waals surface area contributed by atoms with Crippen LogP contribution in [-0.4, -0.2) is 12.2 Å². The highest BCUT2D eigenvalue weighted by molar-refractivity contribution is 5.67. The van der Waals surface area contributed by atoms with Gasteiger partial charge in [-0.25, -0.2) is 4.39 Å². The van der Waals surface area contributed by atoms with Gasteiger partial charge >= 0.3 is 0 Å². The first-order valence-corrected chi connectivity index (χ1v) is 4.84. The lowest BCUT2D eigenvalue weighted by Gasteiger charge is -2.07. The Hall–Kier alpha value is -2.03. The molecule has 0 bridgehead atoms. The Balaban J connectivity index is 2.53. The summed E-state index contributed by atoms with van der Waals surface area (Å²) in [7, 11) is 1.46. The second-order valence-electron chi connectivity index (χ2n) is 3.37. The maximum Gasteiger partial charge on any atom is 0.161 e. The molecule has 2 aromatic rings. The molecular weight excluding hydrogens is 207 g/mol. The van der Waals surface area contributed by atoms with Crippen molar-refractivity contribution in [1.29, 1.82) is 0 Å². The van der Waals surface area contributed by atoms with E-state index in [2.05, 4.69) is 0 Å². The van der Waals surface area contributed by atoms with E-state index >= 15 is 0 Å². The van der Waals surface area contributed by atoms with Gasteiger partial charge < -0.3 is 9.84 Å². The molecule has 0 saturated carbocycles. The molecule has 0 saturated heterocycles. The van der Waals surface area contributed by atoms with Crippen LogP contribution in [0.4, 0.5) is 4.39 Å². The number of phenols is 1. The molecule has 3 heteroatoms. The highest BCUT2D eigenvalue weighted by Gasteiger charge is 2.07. The topological polar surface area (TPSA) is 29.5 Å². The van der Waals surface area contributed by atoms with Gasteiger partial charge in [-0.1, -0.05) is 24.3 Å². The molecule has 0 aromatic heterocycles. The summed E-state index contributed by atoms with van der Waals surface area (Å²) in [5.41, 5.74) is 1.16. The van der Waals surface area contributed by atoms with Crippen molar-refractivity contribution in [2.45, 2.75) is 0 Å². The summed E-state index contributed by atoms with van der Waals surface area (Å²) in [4.78, 5) is 0. The fourth-order valence-electron chi connectivity index (χ4n) is 1.54. The fraction of sp³-hybridized carbons (Fsp3) is 0.0769. The smallest absolute Gasteiger partial charge is 0.161 e. The quantitative estimate of drug-likeness (QED) is 0.838. The van der Waals surface area contributed by atoms with Crippen LogP contribution in [0.2, 0.25) is 0 Å². The standard InChI is InChI=1S/C13H11FO2/c1-16-13-8-9(6-7-12(13)15)10-4-2-3-5-11(10)14/h2-8,15H,1H3. The lowest BCUT2D eigenvalue weighted by Crippen LogP contribution is -1.87. The van der Waals surface area contributed by atoms with Gasteiger partial charge in [0.25, 0.3) is 0 Å². The zero-order chi connectivity index (χ0) is 11.5. The van der Waals surface area contributed by atoms with Gasteiger partial charge in [-0.3, -0.25) is 0 Å². The molecule has 2 rings (SSSR count). The van der Waals surface area contributed by atoms with E-state index in [1.165, 1.54) is 19.2 Å². The average Bonchev–Trinajstić information content (AvgIpc) is 2.31. The van der Waals surface area contributed by atoms with Crippen molar-refractivity contribution in [2.24, 2.45) is 0 Å². The number of hydrogen-bond acceptors (Lipinski definition) is 2. The molecule has 82 valence electrons. The molecule has 0 heterocycles. The third-order valence-corrected chi connectivity index (χ3v) is 2.36. The molecule has 0 unspecified atom stereocenters. The zero-order valence-electron chi connectivity index (χ0n) is 8.77. The van der Waals surface area contributed by atoms with Gasteiger partial charge in [0.05, 0.1) is 7.11 Å². The summed E-state index contributed by atoms with van der Waals surface area (Å²) >= 11 is 0. The molecule has 0 aliphatic rings. The minimum atomic E-state index is -0.296. The van der Waals surface area contributed by atoms with E-state index in [-0.39, 0.29) is 11.6 Å². The summed E-state index contributed by atoms with van der Waals surface area (Å²) in [6.07, 6.45) is 0. The number of halogens is 1. The first-order valence-electron chi connectivity index (χ1n) is 4.84. The largest absolute Gasteiger partial charge is 0.504 e. The van der Waals surface area contributed by atoms with Crippen molar-refractivity contribution in [3.05, 3.63) is 48.3 Å². The Morgan fingerprint density at radius 2 is 1.88 bits per heavy atom. The SMILES string of the molecule is COc1cc(-c2ccccc2F)ccc1O. The predicted molar refractivity (Wildman–Crippen MR) is 60.1 cm³/mol. The highest BCUT2D eigenvalue weighted by Crippen LogP contribution is 2.32. The molecule has 0 radical (unpaired) electrons. The minimum absolute atomic E-state index is 0.0441. The van der Waals surface area contributed by atoms with Gasteiger partial charge in [0.2, 0.25) is 0 Å². The van der Waals surface area contributed by atoms with Crippen molar-refractivity contribution in [2.75, 3.05) is 7.11 Å². The third kappa shape index (κ3) is 1.84. The van der Waals surface area contributed by atoms with Crippen LogP contribution in [0.15, 0.2) is 42.5 Å². The van der Waals surface area contributed by atoms with Crippen LogP contribution in [-0.2, 0) is 0 Å². The molecular formula is C13H11FO2. The van der Waals surface area contributed by atoms with Crippen molar-refractivity contribution in [1.82, 2.24) is 0 Å². The molecule has 0 atom stereocenters. The Labute approximate surface area is 92.9 Å². The van der Waals surface area contributed by atoms with Crippen LogP contribution >= 0.6 is 0 Å². The molecule has 0 aliphatic carbocycles. The number of benzene rings is 2. The van der Waals surface area contributed by atoms with Crippen molar-refractivity contribution in [3.8, 4) is 22.6 Å². The fourth-order valence-corrected chi connectivity index (χ4v) is 1.54. The van der Waals surface area contributed by atoms with Crippen LogP contribution in [0.1, 0.15) is 0 Å². The summed E-state index contributed by atoms with van der Waals surface area (Å²) in [6, 6.07) is 11.2. The van der Waals surface area contributed by atoms with E-state index in [9.17, 15) is 9.50 Å². The van der Waals surface area contributed by atoms with Gasteiger partial charge in [-0.05, 0) is 23.8 Å². The van der Waals surface area contributed by atoms with Gasteiger partial charge in [0.1, 0.15) is 5.82 Å². The predicted octanol–water partition coefficient (Wildman–Crippen LogP) is 3.21. The zero-order valence-corrected chi connectivity index (χ0v) is 8.77. The Bertz CT molecular complexity index is 509. The molecule has 0 aliphatic heterocycles. The van der Waals surface area contributed by atoms with Gasteiger partial charge in [0.15, 0.2) is 11.5 Å². The normalized spacial score (nSPS) is 10.1. The number of aromatic hydroxyl groups is 1. The second-order valence-corrected chi connectivity index (χ2v) is 3.37. The Kier molecular flexibility index (Phi) is 2.77. The van der Waals surface area contributed by atoms with Crippen molar-refractivity contribution in [3.63, 3.8) is 0 Å². The number of ether oxygens (including phenoxy) is 1. The lowest BCUT2D eigenvalue weighted by atomic mass is 10.0. The van der Waals surface area contributed by atoms with E-state index in [0.717, 1.165) is 0 Å². The number of rotatable bonds is 2. The lowest BCUT2D eigenvalue weighted by molar-refractivity contribution is 0.373. The average molecular weight is 218 g/mol. The number of phenolic OH excluding ortho intramolecular Hbond substituents is 1. The second kappa shape index (κ2) is 4.23. The van der Waals surface area contributed by atoms with E-state index < -0.39 is 0 Å². The van der Waals surface area contributed by atoms with Gasteiger partial charge in [0, 0.05) is 5.56 Å². The first-order chi connectivity index (χ1) is 7.72. The third-order valence-electron chi connectivity index (χ3n) is 2.36. The maximum absolute atomic E-state index is 13.5. The number of hydrogen-bond donors (Lipinski definition) is 1. The maximum atomic E-state index is 13.5. The summed E-state index contributed by atoms with van der Waals surface area (Å²) in [5, 5.41) is 9.43. The van der Waals surface area contributed by atoms with Crippen molar-refractivity contribution >= 4 is 0 Å². The molecule has 0 spiro atoms. The van der Waals surface area contributed by atoms with E-state index in [4.69, 9.17) is 4.74 Å². The van der Waals surface area contributed by atoms with Crippen LogP contribution in [0.25, 0.3) is 11.1 Å². The molecule has 1 N–H and O–H groups in total. The molecule has 16 heavy (non-hydrogen) atoms. The van der Waals surface area contributed by atoms with Gasteiger partial charge in [-0.2, -0.15) is 0 Å². The summed E-state index contributed by atoms with van der Waals surface area (Å²) in [5.74, 6) is 0.0820. The highest BCUT2D eigenvalue weighted by atomic mass is 19.1. The first kappa shape index (κ1) is 10.5. The molecule has 2 nitrogen and oxygen atoms in total. The van der Waals surface area contributed by atoms with Crippen LogP contribution in [0.5, 0.6) is 11.5 Å². The molecule has 0 fully saturated rings. The van der Waals surface area contributed by atoms with Crippen LogP contribution in [0, 0.1) is 5.82 Å². The van der Waals surface area contributed by atoms with E-state index in [1.54, 1.807) is 30.3 Å². The van der Waals surface area contributed by atoms with E-state index in [0.29, 0.717) is 16.9 Å². The Morgan fingerprint density at radius 1 is 1.12 bits per heavy atom. The minimum Gasteiger partial charge on any atom is -0.504 e. The molecule has 2 aromatic carbocycles. The summed E-state index contributed by atoms with van der Waals surface area (Å²) in [6.45, 7) is 0. The summed E-state index contributed by atoms with van der Waals surface area (Å²) < 4.78 is 18.5. The van der Waals surface area contributed by atoms with E-state index in [1.807, 2.05) is 0 Å².